The van der Waals surface area contributed by atoms with Gasteiger partial charge in [-0.15, -0.1) is 0 Å². The first kappa shape index (κ1) is 21.3. The molecular formula is C25H24N4O3. The summed E-state index contributed by atoms with van der Waals surface area (Å²) in [5.41, 5.74) is 1.12. The fourth-order valence-electron chi connectivity index (χ4n) is 4.96. The SMILES string of the molecule is COC(=O)c1cnc(NC(=O)C2(C)CC3(C#N)/C=C\C=C/C=C(C)C2c2ccccc23)[nH]1. The summed E-state index contributed by atoms with van der Waals surface area (Å²) in [6.45, 7) is 3.89. The minimum absolute atomic E-state index is 0.142. The third kappa shape index (κ3) is 3.34. The second kappa shape index (κ2) is 7.97. The van der Waals surface area contributed by atoms with Crippen LogP contribution in [0, 0.1) is 16.7 Å². The molecule has 2 aliphatic rings. The molecule has 0 radical (unpaired) electrons. The summed E-state index contributed by atoms with van der Waals surface area (Å²) in [7, 11) is 1.27. The van der Waals surface area contributed by atoms with Crippen LogP contribution in [-0.2, 0) is 14.9 Å². The van der Waals surface area contributed by atoms with E-state index in [9.17, 15) is 14.9 Å². The van der Waals surface area contributed by atoms with Crippen molar-refractivity contribution in [1.29, 1.82) is 5.26 Å². The van der Waals surface area contributed by atoms with E-state index >= 15 is 0 Å². The maximum atomic E-state index is 13.7. The Hall–Kier alpha value is -3.92. The maximum absolute atomic E-state index is 13.7. The molecule has 4 rings (SSSR count). The molecule has 3 atom stereocenters. The van der Waals surface area contributed by atoms with Crippen LogP contribution in [-0.4, -0.2) is 29.0 Å². The zero-order valence-corrected chi connectivity index (χ0v) is 18.2. The molecule has 3 unspecified atom stereocenters. The Bertz CT molecular complexity index is 1220. The van der Waals surface area contributed by atoms with Gasteiger partial charge < -0.3 is 9.72 Å². The molecule has 2 bridgehead atoms. The Balaban J connectivity index is 1.83. The lowest BCUT2D eigenvalue weighted by Crippen LogP contribution is -2.48. The van der Waals surface area contributed by atoms with Crippen LogP contribution in [0.2, 0.25) is 0 Å². The number of allylic oxidation sites excluding steroid dienone is 6. The lowest BCUT2D eigenvalue weighted by atomic mass is 9.54. The highest BCUT2D eigenvalue weighted by atomic mass is 16.5. The lowest BCUT2D eigenvalue weighted by molar-refractivity contribution is -0.126. The molecule has 1 aromatic carbocycles. The molecule has 1 heterocycles. The molecule has 0 spiro atoms. The number of ether oxygens (including phenoxy) is 1. The lowest BCUT2D eigenvalue weighted by Gasteiger charge is -2.47. The zero-order chi connectivity index (χ0) is 22.9. The van der Waals surface area contributed by atoms with Gasteiger partial charge in [0.25, 0.3) is 0 Å². The van der Waals surface area contributed by atoms with E-state index in [0.29, 0.717) is 6.42 Å². The average Bonchev–Trinajstić information content (AvgIpc) is 3.26. The van der Waals surface area contributed by atoms with Crippen LogP contribution < -0.4 is 5.32 Å². The topological polar surface area (TPSA) is 108 Å². The first-order valence-corrected chi connectivity index (χ1v) is 10.3. The summed E-state index contributed by atoms with van der Waals surface area (Å²) in [4.78, 5) is 32.3. The van der Waals surface area contributed by atoms with Crippen molar-refractivity contribution in [3.63, 3.8) is 0 Å². The van der Waals surface area contributed by atoms with Gasteiger partial charge in [0.1, 0.15) is 11.1 Å². The van der Waals surface area contributed by atoms with Gasteiger partial charge in [0, 0.05) is 5.92 Å². The molecule has 1 amide bonds. The largest absolute Gasteiger partial charge is 0.464 e. The molecule has 2 aromatic rings. The number of carbonyl (C=O) groups is 2. The number of methoxy groups -OCH3 is 1. The number of anilines is 1. The molecule has 7 nitrogen and oxygen atoms in total. The number of esters is 1. The quantitative estimate of drug-likeness (QED) is 0.714. The number of carbonyl (C=O) groups excluding carboxylic acids is 2. The standard InChI is InChI=1S/C25H24N4O3/c1-16-9-5-4-8-12-25(15-26)14-24(2,20(16)17-10-6-7-11-18(17)25)22(31)29-23-27-13-19(28-23)21(30)32-3/h4-13,20H,14H2,1-3H3,(H2,27,28,29,31)/b5-4-,12-8-,16-9?. The number of fused-ring (bicyclic) bond motifs is 6. The van der Waals surface area contributed by atoms with E-state index in [1.807, 2.05) is 68.5 Å². The highest BCUT2D eigenvalue weighted by molar-refractivity contribution is 5.96. The smallest absolute Gasteiger partial charge is 0.356 e. The van der Waals surface area contributed by atoms with Crippen molar-refractivity contribution < 1.29 is 14.3 Å². The van der Waals surface area contributed by atoms with Crippen LogP contribution in [0.1, 0.15) is 47.8 Å². The molecule has 2 aliphatic carbocycles. The zero-order valence-electron chi connectivity index (χ0n) is 18.2. The average molecular weight is 428 g/mol. The number of nitrogens with one attached hydrogen (secondary N) is 2. The van der Waals surface area contributed by atoms with Gasteiger partial charge in [0.05, 0.1) is 24.8 Å². The number of amides is 1. The van der Waals surface area contributed by atoms with Crippen molar-refractivity contribution in [1.82, 2.24) is 9.97 Å². The Morgan fingerprint density at radius 2 is 2.06 bits per heavy atom. The molecule has 32 heavy (non-hydrogen) atoms. The molecule has 7 heteroatoms. The number of aromatic nitrogens is 2. The third-order valence-electron chi connectivity index (χ3n) is 6.38. The second-order valence-electron chi connectivity index (χ2n) is 8.44. The van der Waals surface area contributed by atoms with E-state index in [2.05, 4.69) is 26.1 Å². The Labute approximate surface area is 186 Å². The minimum atomic E-state index is -0.960. The molecule has 0 fully saturated rings. The summed E-state index contributed by atoms with van der Waals surface area (Å²) >= 11 is 0. The number of rotatable bonds is 3. The molecule has 1 aromatic heterocycles. The number of aromatic amines is 1. The normalized spacial score (nSPS) is 27.9. The van der Waals surface area contributed by atoms with E-state index < -0.39 is 16.8 Å². The van der Waals surface area contributed by atoms with E-state index in [1.54, 1.807) is 0 Å². The summed E-state index contributed by atoms with van der Waals surface area (Å²) in [5, 5.41) is 13.1. The van der Waals surface area contributed by atoms with Crippen LogP contribution in [0.25, 0.3) is 0 Å². The highest BCUT2D eigenvalue weighted by Gasteiger charge is 2.54. The molecule has 2 N–H and O–H groups in total. The minimum Gasteiger partial charge on any atom is -0.464 e. The summed E-state index contributed by atoms with van der Waals surface area (Å²) < 4.78 is 4.69. The summed E-state index contributed by atoms with van der Waals surface area (Å²) in [6, 6.07) is 10.3. The fraction of sp³-hybridized carbons (Fsp3) is 0.280. The molecule has 0 saturated carbocycles. The highest BCUT2D eigenvalue weighted by Crippen LogP contribution is 2.56. The van der Waals surface area contributed by atoms with Crippen LogP contribution in [0.15, 0.2) is 66.4 Å². The monoisotopic (exact) mass is 428 g/mol. The maximum Gasteiger partial charge on any atom is 0.356 e. The summed E-state index contributed by atoms with van der Waals surface area (Å²) in [6.07, 6.45) is 11.2. The van der Waals surface area contributed by atoms with E-state index in [-0.39, 0.29) is 23.5 Å². The van der Waals surface area contributed by atoms with Crippen LogP contribution >= 0.6 is 0 Å². The van der Waals surface area contributed by atoms with Crippen molar-refractivity contribution in [3.05, 3.63) is 83.2 Å². The fourth-order valence-corrected chi connectivity index (χ4v) is 4.96. The Morgan fingerprint density at radius 3 is 2.81 bits per heavy atom. The van der Waals surface area contributed by atoms with Crippen molar-refractivity contribution in [2.75, 3.05) is 12.4 Å². The molecular weight excluding hydrogens is 404 g/mol. The molecule has 0 saturated heterocycles. The van der Waals surface area contributed by atoms with Gasteiger partial charge in [-0.2, -0.15) is 5.26 Å². The number of imidazole rings is 1. The predicted octanol–water partition coefficient (Wildman–Crippen LogP) is 4.16. The summed E-state index contributed by atoms with van der Waals surface area (Å²) in [5.74, 6) is -0.949. The van der Waals surface area contributed by atoms with E-state index in [0.717, 1.165) is 16.7 Å². The number of benzene rings is 1. The van der Waals surface area contributed by atoms with Crippen LogP contribution in [0.4, 0.5) is 5.95 Å². The van der Waals surface area contributed by atoms with Gasteiger partial charge in [-0.3, -0.25) is 10.1 Å². The molecule has 0 aliphatic heterocycles. The number of hydrogen-bond donors (Lipinski definition) is 2. The number of nitriles is 1. The third-order valence-corrected chi connectivity index (χ3v) is 6.38. The van der Waals surface area contributed by atoms with Gasteiger partial charge >= 0.3 is 5.97 Å². The van der Waals surface area contributed by atoms with Crippen molar-refractivity contribution in [3.8, 4) is 6.07 Å². The number of nitrogens with zero attached hydrogens (tertiary/aromatic N) is 2. The van der Waals surface area contributed by atoms with Crippen LogP contribution in [0.3, 0.4) is 0 Å². The van der Waals surface area contributed by atoms with Crippen molar-refractivity contribution in [2.24, 2.45) is 5.41 Å². The predicted molar refractivity (Wildman–Crippen MR) is 120 cm³/mol. The first-order chi connectivity index (χ1) is 15.3. The van der Waals surface area contributed by atoms with Crippen molar-refractivity contribution >= 4 is 17.8 Å². The van der Waals surface area contributed by atoms with E-state index in [1.165, 1.54) is 13.3 Å². The second-order valence-corrected chi connectivity index (χ2v) is 8.44. The first-order valence-electron chi connectivity index (χ1n) is 10.3. The number of H-pyrrole nitrogens is 1. The van der Waals surface area contributed by atoms with Crippen LogP contribution in [0.5, 0.6) is 0 Å². The van der Waals surface area contributed by atoms with Crippen molar-refractivity contribution in [2.45, 2.75) is 31.6 Å². The number of hydrogen-bond acceptors (Lipinski definition) is 5. The van der Waals surface area contributed by atoms with E-state index in [4.69, 9.17) is 0 Å². The van der Waals surface area contributed by atoms with Gasteiger partial charge in [-0.25, -0.2) is 9.78 Å². The molecule has 162 valence electrons. The Morgan fingerprint density at radius 1 is 1.28 bits per heavy atom. The van der Waals surface area contributed by atoms with Gasteiger partial charge in [0.15, 0.2) is 0 Å². The Kier molecular flexibility index (Phi) is 5.31. The van der Waals surface area contributed by atoms with Gasteiger partial charge in [-0.05, 0) is 31.4 Å². The van der Waals surface area contributed by atoms with Gasteiger partial charge in [0.2, 0.25) is 11.9 Å². The van der Waals surface area contributed by atoms with Gasteiger partial charge in [-0.1, -0.05) is 60.2 Å².